The normalized spacial score (nSPS) is 15.2. The van der Waals surface area contributed by atoms with E-state index in [-0.39, 0.29) is 11.5 Å². The van der Waals surface area contributed by atoms with Crippen LogP contribution in [0.5, 0.6) is 0 Å². The van der Waals surface area contributed by atoms with Crippen LogP contribution in [-0.2, 0) is 11.2 Å². The maximum atomic E-state index is 12.1. The highest BCUT2D eigenvalue weighted by molar-refractivity contribution is 5.83. The van der Waals surface area contributed by atoms with Crippen LogP contribution in [-0.4, -0.2) is 47.2 Å². The molecule has 1 aliphatic rings. The van der Waals surface area contributed by atoms with Crippen LogP contribution in [0.25, 0.3) is 10.8 Å². The van der Waals surface area contributed by atoms with Crippen molar-refractivity contribution in [1.82, 2.24) is 20.4 Å². The minimum atomic E-state index is -0.170. The standard InChI is InChI=1S/C16H20N4O2/c21-15(20-10-8-17-9-11-20)7-3-6-14-12-4-1-2-5-13(12)16(22)19-18-14/h1-2,4-5,17H,3,6-11H2,(H,19,22). The summed E-state index contributed by atoms with van der Waals surface area (Å²) in [6.45, 7) is 3.33. The first-order chi connectivity index (χ1) is 10.8. The quantitative estimate of drug-likeness (QED) is 0.870. The number of aromatic amines is 1. The molecular formula is C16H20N4O2. The highest BCUT2D eigenvalue weighted by Gasteiger charge is 2.15. The molecule has 6 nitrogen and oxygen atoms in total. The number of piperazine rings is 1. The Morgan fingerprint density at radius 3 is 2.68 bits per heavy atom. The van der Waals surface area contributed by atoms with E-state index in [1.54, 1.807) is 6.07 Å². The van der Waals surface area contributed by atoms with Gasteiger partial charge in [-0.3, -0.25) is 9.59 Å². The Morgan fingerprint density at radius 1 is 1.18 bits per heavy atom. The second-order valence-electron chi connectivity index (χ2n) is 5.53. The fourth-order valence-electron chi connectivity index (χ4n) is 2.84. The lowest BCUT2D eigenvalue weighted by molar-refractivity contribution is -0.131. The van der Waals surface area contributed by atoms with E-state index >= 15 is 0 Å². The van der Waals surface area contributed by atoms with Crippen LogP contribution < -0.4 is 10.9 Å². The van der Waals surface area contributed by atoms with Gasteiger partial charge in [0.05, 0.1) is 11.1 Å². The Hall–Kier alpha value is -2.21. The molecule has 2 aromatic rings. The zero-order chi connectivity index (χ0) is 15.4. The molecule has 1 fully saturated rings. The molecule has 3 rings (SSSR count). The van der Waals surface area contributed by atoms with Crippen LogP contribution in [0.15, 0.2) is 29.1 Å². The number of carbonyl (C=O) groups excluding carboxylic acids is 1. The van der Waals surface area contributed by atoms with Crippen LogP contribution in [0, 0.1) is 0 Å². The van der Waals surface area contributed by atoms with Gasteiger partial charge in [-0.25, -0.2) is 5.10 Å². The summed E-state index contributed by atoms with van der Waals surface area (Å²) in [5.41, 5.74) is 0.680. The van der Waals surface area contributed by atoms with Crippen molar-refractivity contribution >= 4 is 16.7 Å². The molecule has 0 atom stereocenters. The van der Waals surface area contributed by atoms with E-state index in [9.17, 15) is 9.59 Å². The number of rotatable bonds is 4. The highest BCUT2D eigenvalue weighted by atomic mass is 16.2. The van der Waals surface area contributed by atoms with Crippen LogP contribution >= 0.6 is 0 Å². The first-order valence-electron chi connectivity index (χ1n) is 7.70. The van der Waals surface area contributed by atoms with E-state index in [0.29, 0.717) is 18.2 Å². The monoisotopic (exact) mass is 300 g/mol. The number of nitrogens with zero attached hydrogens (tertiary/aromatic N) is 2. The number of fused-ring (bicyclic) bond motifs is 1. The Morgan fingerprint density at radius 2 is 1.91 bits per heavy atom. The summed E-state index contributed by atoms with van der Waals surface area (Å²) in [7, 11) is 0. The van der Waals surface area contributed by atoms with Crippen molar-refractivity contribution in [3.05, 3.63) is 40.3 Å². The zero-order valence-electron chi connectivity index (χ0n) is 12.5. The van der Waals surface area contributed by atoms with Gasteiger partial charge in [0.25, 0.3) is 5.56 Å². The third-order valence-corrected chi connectivity index (χ3v) is 4.05. The number of aryl methyl sites for hydroxylation is 1. The zero-order valence-corrected chi connectivity index (χ0v) is 12.5. The van der Waals surface area contributed by atoms with Gasteiger partial charge in [0.1, 0.15) is 0 Å². The van der Waals surface area contributed by atoms with Crippen molar-refractivity contribution in [3.63, 3.8) is 0 Å². The molecule has 1 amide bonds. The lowest BCUT2D eigenvalue weighted by Gasteiger charge is -2.27. The van der Waals surface area contributed by atoms with Crippen LogP contribution in [0.1, 0.15) is 18.5 Å². The van der Waals surface area contributed by atoms with Crippen LogP contribution in [0.3, 0.4) is 0 Å². The van der Waals surface area contributed by atoms with Crippen molar-refractivity contribution in [2.45, 2.75) is 19.3 Å². The Bertz CT molecular complexity index is 719. The predicted octanol–water partition coefficient (Wildman–Crippen LogP) is 0.678. The molecule has 2 heterocycles. The summed E-state index contributed by atoms with van der Waals surface area (Å²) in [5, 5.41) is 11.4. The first-order valence-corrected chi connectivity index (χ1v) is 7.70. The molecule has 0 spiro atoms. The predicted molar refractivity (Wildman–Crippen MR) is 84.8 cm³/mol. The average molecular weight is 300 g/mol. The third-order valence-electron chi connectivity index (χ3n) is 4.05. The van der Waals surface area contributed by atoms with Crippen molar-refractivity contribution in [1.29, 1.82) is 0 Å². The minimum Gasteiger partial charge on any atom is -0.340 e. The largest absolute Gasteiger partial charge is 0.340 e. The molecule has 1 aromatic carbocycles. The number of hydrogen-bond acceptors (Lipinski definition) is 4. The lowest BCUT2D eigenvalue weighted by Crippen LogP contribution is -2.46. The Labute approximate surface area is 128 Å². The van der Waals surface area contributed by atoms with Gasteiger partial charge < -0.3 is 10.2 Å². The molecule has 2 N–H and O–H groups in total. The number of aromatic nitrogens is 2. The van der Waals surface area contributed by atoms with Crippen LogP contribution in [0.4, 0.5) is 0 Å². The summed E-state index contributed by atoms with van der Waals surface area (Å²) in [5.74, 6) is 0.204. The summed E-state index contributed by atoms with van der Waals surface area (Å²) in [6.07, 6.45) is 1.95. The molecule has 6 heteroatoms. The molecule has 22 heavy (non-hydrogen) atoms. The second-order valence-corrected chi connectivity index (χ2v) is 5.53. The van der Waals surface area contributed by atoms with E-state index in [1.165, 1.54) is 0 Å². The van der Waals surface area contributed by atoms with Gasteiger partial charge in [0.15, 0.2) is 0 Å². The molecule has 1 aliphatic heterocycles. The highest BCUT2D eigenvalue weighted by Crippen LogP contribution is 2.14. The number of H-pyrrole nitrogens is 1. The van der Waals surface area contributed by atoms with Crippen molar-refractivity contribution in [2.75, 3.05) is 26.2 Å². The first kappa shape index (κ1) is 14.7. The fourth-order valence-corrected chi connectivity index (χ4v) is 2.84. The topological polar surface area (TPSA) is 78.1 Å². The van der Waals surface area contributed by atoms with Gasteiger partial charge in [0, 0.05) is 38.0 Å². The van der Waals surface area contributed by atoms with Gasteiger partial charge in [-0.1, -0.05) is 18.2 Å². The average Bonchev–Trinajstić information content (AvgIpc) is 2.58. The number of nitrogens with one attached hydrogen (secondary N) is 2. The van der Waals surface area contributed by atoms with E-state index in [4.69, 9.17) is 0 Å². The van der Waals surface area contributed by atoms with Crippen LogP contribution in [0.2, 0.25) is 0 Å². The maximum Gasteiger partial charge on any atom is 0.272 e. The van der Waals surface area contributed by atoms with Gasteiger partial charge in [-0.15, -0.1) is 0 Å². The Kier molecular flexibility index (Phi) is 4.48. The van der Waals surface area contributed by atoms with Crippen molar-refractivity contribution in [2.24, 2.45) is 0 Å². The van der Waals surface area contributed by atoms with Gasteiger partial charge in [0.2, 0.25) is 5.91 Å². The minimum absolute atomic E-state index is 0.170. The number of carbonyl (C=O) groups is 1. The summed E-state index contributed by atoms with van der Waals surface area (Å²) in [6, 6.07) is 7.45. The molecule has 0 aliphatic carbocycles. The molecule has 116 valence electrons. The molecule has 0 saturated carbocycles. The second kappa shape index (κ2) is 6.70. The summed E-state index contributed by atoms with van der Waals surface area (Å²) >= 11 is 0. The van der Waals surface area contributed by atoms with E-state index in [2.05, 4.69) is 15.5 Å². The number of benzene rings is 1. The number of amides is 1. The van der Waals surface area contributed by atoms with E-state index in [1.807, 2.05) is 23.1 Å². The van der Waals surface area contributed by atoms with Gasteiger partial charge in [-0.2, -0.15) is 5.10 Å². The van der Waals surface area contributed by atoms with E-state index < -0.39 is 0 Å². The summed E-state index contributed by atoms with van der Waals surface area (Å²) in [4.78, 5) is 25.8. The molecule has 0 bridgehead atoms. The van der Waals surface area contributed by atoms with Gasteiger partial charge in [-0.05, 0) is 18.9 Å². The number of hydrogen-bond donors (Lipinski definition) is 2. The fraction of sp³-hybridized carbons (Fsp3) is 0.438. The molecule has 0 radical (unpaired) electrons. The Balaban J connectivity index is 1.63. The third kappa shape index (κ3) is 3.17. The molecular weight excluding hydrogens is 280 g/mol. The van der Waals surface area contributed by atoms with Crippen molar-refractivity contribution in [3.8, 4) is 0 Å². The molecule has 1 saturated heterocycles. The summed E-state index contributed by atoms with van der Waals surface area (Å²) < 4.78 is 0. The SMILES string of the molecule is O=C(CCCc1n[nH]c(=O)c2ccccc12)N1CCNCC1. The maximum absolute atomic E-state index is 12.1. The molecule has 0 unspecified atom stereocenters. The van der Waals surface area contributed by atoms with Gasteiger partial charge >= 0.3 is 0 Å². The van der Waals surface area contributed by atoms with E-state index in [0.717, 1.165) is 43.7 Å². The molecule has 1 aromatic heterocycles. The lowest BCUT2D eigenvalue weighted by atomic mass is 10.1. The smallest absolute Gasteiger partial charge is 0.272 e. The van der Waals surface area contributed by atoms with Crippen molar-refractivity contribution < 1.29 is 4.79 Å².